The fraction of sp³-hybridized carbons (Fsp3) is 0.240. The summed E-state index contributed by atoms with van der Waals surface area (Å²) in [6.07, 6.45) is 1.09. The lowest BCUT2D eigenvalue weighted by Crippen LogP contribution is -2.30. The van der Waals surface area contributed by atoms with Crippen LogP contribution in [0.3, 0.4) is 0 Å². The lowest BCUT2D eigenvalue weighted by atomic mass is 10.0. The fourth-order valence-electron chi connectivity index (χ4n) is 3.12. The molecule has 150 valence electrons. The molecule has 0 N–H and O–H groups in total. The standard InChI is InChI=1S/C25H26O4/c1-5-12-27-15-21(29-25(26)17(2)3)16-28-24-22-9-7-6-8-19(22)14-20-11-10-18(4)13-23(20)24/h5-11,13-14,21H,1-2,12,15-16H2,3-4H3. The van der Waals surface area contributed by atoms with Crippen molar-refractivity contribution in [2.75, 3.05) is 19.8 Å². The van der Waals surface area contributed by atoms with E-state index in [1.807, 2.05) is 18.2 Å². The van der Waals surface area contributed by atoms with Crippen molar-refractivity contribution >= 4 is 27.5 Å². The van der Waals surface area contributed by atoms with Gasteiger partial charge in [-0.05, 0) is 36.8 Å². The van der Waals surface area contributed by atoms with Gasteiger partial charge in [0, 0.05) is 16.3 Å². The highest BCUT2D eigenvalue weighted by atomic mass is 16.6. The third-order valence-corrected chi connectivity index (χ3v) is 4.55. The third-order valence-electron chi connectivity index (χ3n) is 4.55. The maximum atomic E-state index is 12.0. The number of hydrogen-bond acceptors (Lipinski definition) is 4. The predicted octanol–water partition coefficient (Wildman–Crippen LogP) is 5.37. The van der Waals surface area contributed by atoms with Crippen molar-refractivity contribution in [2.24, 2.45) is 0 Å². The summed E-state index contributed by atoms with van der Waals surface area (Å²) in [5.74, 6) is 0.321. The number of esters is 1. The molecule has 0 saturated heterocycles. The molecule has 3 aromatic rings. The lowest BCUT2D eigenvalue weighted by Gasteiger charge is -2.20. The molecule has 0 aromatic heterocycles. The van der Waals surface area contributed by atoms with Gasteiger partial charge in [-0.2, -0.15) is 0 Å². The average Bonchev–Trinajstić information content (AvgIpc) is 2.71. The second kappa shape index (κ2) is 9.39. The van der Waals surface area contributed by atoms with Crippen LogP contribution in [0, 0.1) is 6.92 Å². The number of ether oxygens (including phenoxy) is 3. The number of aryl methyl sites for hydroxylation is 1. The van der Waals surface area contributed by atoms with Gasteiger partial charge in [-0.1, -0.05) is 54.6 Å². The Bertz CT molecular complexity index is 1050. The van der Waals surface area contributed by atoms with Crippen LogP contribution in [0.15, 0.2) is 73.3 Å². The van der Waals surface area contributed by atoms with Crippen LogP contribution in [0.1, 0.15) is 12.5 Å². The third kappa shape index (κ3) is 5.04. The normalized spacial score (nSPS) is 11.9. The van der Waals surface area contributed by atoms with E-state index in [0.717, 1.165) is 32.9 Å². The summed E-state index contributed by atoms with van der Waals surface area (Å²) < 4.78 is 17.3. The van der Waals surface area contributed by atoms with E-state index in [1.165, 1.54) is 0 Å². The van der Waals surface area contributed by atoms with Crippen molar-refractivity contribution in [3.63, 3.8) is 0 Å². The molecule has 0 fully saturated rings. The van der Waals surface area contributed by atoms with Crippen LogP contribution in [0.25, 0.3) is 21.5 Å². The molecule has 1 atom stereocenters. The van der Waals surface area contributed by atoms with Gasteiger partial charge in [-0.15, -0.1) is 6.58 Å². The minimum atomic E-state index is -0.557. The molecule has 0 amide bonds. The average molecular weight is 390 g/mol. The Morgan fingerprint density at radius 2 is 1.83 bits per heavy atom. The second-order valence-corrected chi connectivity index (χ2v) is 7.10. The lowest BCUT2D eigenvalue weighted by molar-refractivity contribution is -0.148. The van der Waals surface area contributed by atoms with Crippen molar-refractivity contribution in [3.05, 3.63) is 78.9 Å². The van der Waals surface area contributed by atoms with Gasteiger partial charge in [0.15, 0.2) is 6.10 Å². The molecule has 1 unspecified atom stereocenters. The number of rotatable bonds is 9. The van der Waals surface area contributed by atoms with E-state index >= 15 is 0 Å². The number of carbonyl (C=O) groups is 1. The van der Waals surface area contributed by atoms with E-state index < -0.39 is 12.1 Å². The summed E-state index contributed by atoms with van der Waals surface area (Å²) in [6.45, 7) is 11.7. The first-order valence-electron chi connectivity index (χ1n) is 9.59. The molecular formula is C25H26O4. The number of fused-ring (bicyclic) bond motifs is 2. The first kappa shape index (κ1) is 20.6. The van der Waals surface area contributed by atoms with Gasteiger partial charge < -0.3 is 14.2 Å². The molecule has 4 nitrogen and oxygen atoms in total. The molecule has 0 aliphatic heterocycles. The van der Waals surface area contributed by atoms with Gasteiger partial charge in [0.2, 0.25) is 0 Å². The van der Waals surface area contributed by atoms with Gasteiger partial charge in [-0.3, -0.25) is 0 Å². The molecule has 3 aromatic carbocycles. The van der Waals surface area contributed by atoms with Crippen LogP contribution in [0.5, 0.6) is 5.75 Å². The van der Waals surface area contributed by atoms with Crippen LogP contribution >= 0.6 is 0 Å². The Labute approximate surface area is 171 Å². The monoisotopic (exact) mass is 390 g/mol. The summed E-state index contributed by atoms with van der Waals surface area (Å²) in [7, 11) is 0. The molecule has 29 heavy (non-hydrogen) atoms. The number of carbonyl (C=O) groups excluding carboxylic acids is 1. The maximum Gasteiger partial charge on any atom is 0.333 e. The maximum absolute atomic E-state index is 12.0. The Morgan fingerprint density at radius 3 is 2.59 bits per heavy atom. The van der Waals surface area contributed by atoms with Crippen LogP contribution in [0.2, 0.25) is 0 Å². The van der Waals surface area contributed by atoms with E-state index in [1.54, 1.807) is 13.0 Å². The van der Waals surface area contributed by atoms with Crippen molar-refractivity contribution < 1.29 is 19.0 Å². The zero-order valence-electron chi connectivity index (χ0n) is 16.9. The molecule has 0 aliphatic carbocycles. The van der Waals surface area contributed by atoms with E-state index in [4.69, 9.17) is 14.2 Å². The van der Waals surface area contributed by atoms with E-state index in [-0.39, 0.29) is 13.2 Å². The number of benzene rings is 3. The first-order valence-corrected chi connectivity index (χ1v) is 9.59. The molecule has 3 rings (SSSR count). The van der Waals surface area contributed by atoms with E-state index in [9.17, 15) is 4.79 Å². The van der Waals surface area contributed by atoms with Gasteiger partial charge >= 0.3 is 5.97 Å². The SMILES string of the molecule is C=CCOCC(COc1c2ccccc2cc2ccc(C)cc12)OC(=O)C(=C)C. The largest absolute Gasteiger partial charge is 0.488 e. The summed E-state index contributed by atoms with van der Waals surface area (Å²) in [4.78, 5) is 12.0. The van der Waals surface area contributed by atoms with Gasteiger partial charge in [0.25, 0.3) is 0 Å². The molecule has 0 radical (unpaired) electrons. The predicted molar refractivity (Wildman–Crippen MR) is 117 cm³/mol. The Balaban J connectivity index is 1.92. The highest BCUT2D eigenvalue weighted by molar-refractivity contribution is 6.05. The Kier molecular flexibility index (Phi) is 6.68. The first-order chi connectivity index (χ1) is 14.0. The highest BCUT2D eigenvalue weighted by Gasteiger charge is 2.18. The van der Waals surface area contributed by atoms with Crippen molar-refractivity contribution in [2.45, 2.75) is 20.0 Å². The van der Waals surface area contributed by atoms with Crippen LogP contribution in [-0.2, 0) is 14.3 Å². The molecule has 4 heteroatoms. The van der Waals surface area contributed by atoms with Crippen molar-refractivity contribution in [1.29, 1.82) is 0 Å². The molecule has 0 saturated carbocycles. The van der Waals surface area contributed by atoms with Gasteiger partial charge in [0.1, 0.15) is 12.4 Å². The second-order valence-electron chi connectivity index (χ2n) is 7.10. The molecule has 0 aliphatic rings. The zero-order chi connectivity index (χ0) is 20.8. The zero-order valence-corrected chi connectivity index (χ0v) is 16.9. The van der Waals surface area contributed by atoms with Crippen molar-refractivity contribution in [1.82, 2.24) is 0 Å². The smallest absolute Gasteiger partial charge is 0.333 e. The topological polar surface area (TPSA) is 44.8 Å². The van der Waals surface area contributed by atoms with Gasteiger partial charge in [-0.25, -0.2) is 4.79 Å². The number of hydrogen-bond donors (Lipinski definition) is 0. The van der Waals surface area contributed by atoms with Crippen LogP contribution in [-0.4, -0.2) is 31.9 Å². The molecular weight excluding hydrogens is 364 g/mol. The quantitative estimate of drug-likeness (QED) is 0.162. The van der Waals surface area contributed by atoms with Gasteiger partial charge in [0.05, 0.1) is 13.2 Å². The summed E-state index contributed by atoms with van der Waals surface area (Å²) >= 11 is 0. The van der Waals surface area contributed by atoms with E-state index in [2.05, 4.69) is 50.4 Å². The molecule has 0 spiro atoms. The van der Waals surface area contributed by atoms with Crippen LogP contribution in [0.4, 0.5) is 0 Å². The minimum Gasteiger partial charge on any atom is -0.488 e. The van der Waals surface area contributed by atoms with E-state index in [0.29, 0.717) is 12.2 Å². The van der Waals surface area contributed by atoms with Crippen molar-refractivity contribution in [3.8, 4) is 5.75 Å². The minimum absolute atomic E-state index is 0.174. The van der Waals surface area contributed by atoms with Crippen LogP contribution < -0.4 is 4.74 Å². The summed E-state index contributed by atoms with van der Waals surface area (Å²) in [5.41, 5.74) is 1.49. The molecule has 0 bridgehead atoms. The highest BCUT2D eigenvalue weighted by Crippen LogP contribution is 2.35. The Hall–Kier alpha value is -3.11. The molecule has 0 heterocycles. The summed E-state index contributed by atoms with van der Waals surface area (Å²) in [5, 5.41) is 4.24. The fourth-order valence-corrected chi connectivity index (χ4v) is 3.12. The summed E-state index contributed by atoms with van der Waals surface area (Å²) in [6, 6.07) is 16.5. The Morgan fingerprint density at radius 1 is 1.07 bits per heavy atom.